The first-order valence-corrected chi connectivity index (χ1v) is 8.79. The van der Waals surface area contributed by atoms with E-state index in [9.17, 15) is 15.0 Å². The highest BCUT2D eigenvalue weighted by atomic mass is 16.3. The highest BCUT2D eigenvalue weighted by Gasteiger charge is 2.20. The van der Waals surface area contributed by atoms with Gasteiger partial charge in [-0.1, -0.05) is 31.2 Å². The summed E-state index contributed by atoms with van der Waals surface area (Å²) in [6, 6.07) is 14.2. The van der Waals surface area contributed by atoms with Crippen LogP contribution in [-0.4, -0.2) is 21.1 Å². The Balaban J connectivity index is 2.02. The van der Waals surface area contributed by atoms with Gasteiger partial charge in [0.2, 0.25) is 0 Å². The minimum absolute atomic E-state index is 0.191. The Hall–Kier alpha value is -3.01. The highest BCUT2D eigenvalue weighted by molar-refractivity contribution is 5.91. The smallest absolute Gasteiger partial charge is 0.152 e. The Morgan fingerprint density at radius 3 is 2.38 bits per heavy atom. The van der Waals surface area contributed by atoms with Crippen molar-refractivity contribution in [2.24, 2.45) is 0 Å². The fourth-order valence-electron chi connectivity index (χ4n) is 3.52. The van der Waals surface area contributed by atoms with Crippen LogP contribution in [0.15, 0.2) is 48.5 Å². The van der Waals surface area contributed by atoms with Crippen LogP contribution in [0.25, 0.3) is 11.1 Å². The highest BCUT2D eigenvalue weighted by Crippen LogP contribution is 2.34. The van der Waals surface area contributed by atoms with Gasteiger partial charge in [-0.3, -0.25) is 4.79 Å². The molecule has 3 aromatic rings. The van der Waals surface area contributed by atoms with Crippen molar-refractivity contribution >= 4 is 6.29 Å². The molecule has 0 fully saturated rings. The van der Waals surface area contributed by atoms with Crippen molar-refractivity contribution < 1.29 is 15.0 Å². The van der Waals surface area contributed by atoms with Gasteiger partial charge in [-0.25, -0.2) is 0 Å². The molecule has 0 atom stereocenters. The maximum atomic E-state index is 11.8. The van der Waals surface area contributed by atoms with Gasteiger partial charge in [-0.2, -0.15) is 0 Å². The van der Waals surface area contributed by atoms with Crippen LogP contribution >= 0.6 is 0 Å². The molecule has 0 saturated carbocycles. The zero-order valence-electron chi connectivity index (χ0n) is 15.1. The molecule has 2 N–H and O–H groups in total. The Morgan fingerprint density at radius 1 is 1.04 bits per heavy atom. The number of hydrogen-bond donors (Lipinski definition) is 2. The topological polar surface area (TPSA) is 62.5 Å². The van der Waals surface area contributed by atoms with Crippen LogP contribution in [0.1, 0.15) is 34.2 Å². The molecule has 1 heterocycles. The number of phenols is 2. The molecule has 0 spiro atoms. The Morgan fingerprint density at radius 2 is 1.77 bits per heavy atom. The van der Waals surface area contributed by atoms with E-state index in [1.165, 1.54) is 0 Å². The molecule has 3 rings (SSSR count). The van der Waals surface area contributed by atoms with Crippen molar-refractivity contribution in [2.45, 2.75) is 33.2 Å². The molecule has 4 nitrogen and oxygen atoms in total. The summed E-state index contributed by atoms with van der Waals surface area (Å²) in [6.45, 7) is 4.79. The second-order valence-corrected chi connectivity index (χ2v) is 6.41. The summed E-state index contributed by atoms with van der Waals surface area (Å²) in [6.07, 6.45) is 2.50. The molecule has 0 saturated heterocycles. The largest absolute Gasteiger partial charge is 0.508 e. The average molecular weight is 349 g/mol. The normalized spacial score (nSPS) is 10.8. The number of benzene rings is 2. The molecule has 2 aromatic carbocycles. The zero-order chi connectivity index (χ0) is 18.7. The predicted octanol–water partition coefficient (Wildman–Crippen LogP) is 4.49. The van der Waals surface area contributed by atoms with E-state index >= 15 is 0 Å². The molecule has 1 aromatic heterocycles. The standard InChI is InChI=1S/C22H23NO3/c1-3-21-22(17-5-4-6-19(26)13-17)20(14-24)15(2)23(21)12-11-16-7-9-18(25)10-8-16/h4-10,13-14,25-26H,3,11-12H2,1-2H3. The predicted molar refractivity (Wildman–Crippen MR) is 103 cm³/mol. The third-order valence-corrected chi connectivity index (χ3v) is 4.83. The van der Waals surface area contributed by atoms with Crippen LogP contribution in [0.5, 0.6) is 11.5 Å². The van der Waals surface area contributed by atoms with E-state index in [0.29, 0.717) is 5.56 Å². The lowest BCUT2D eigenvalue weighted by atomic mass is 9.99. The van der Waals surface area contributed by atoms with E-state index in [1.54, 1.807) is 30.3 Å². The lowest BCUT2D eigenvalue weighted by Crippen LogP contribution is -2.07. The molecule has 0 unspecified atom stereocenters. The van der Waals surface area contributed by atoms with Crippen LogP contribution in [0.3, 0.4) is 0 Å². The minimum atomic E-state index is 0.191. The lowest BCUT2D eigenvalue weighted by Gasteiger charge is -2.12. The monoisotopic (exact) mass is 349 g/mol. The van der Waals surface area contributed by atoms with E-state index in [4.69, 9.17) is 0 Å². The molecular weight excluding hydrogens is 326 g/mol. The van der Waals surface area contributed by atoms with Crippen molar-refractivity contribution in [1.29, 1.82) is 0 Å². The number of carbonyl (C=O) groups excluding carboxylic acids is 1. The van der Waals surface area contributed by atoms with Gasteiger partial charge in [0.25, 0.3) is 0 Å². The van der Waals surface area contributed by atoms with Crippen molar-refractivity contribution in [1.82, 2.24) is 4.57 Å². The number of nitrogens with zero attached hydrogens (tertiary/aromatic N) is 1. The fourth-order valence-corrected chi connectivity index (χ4v) is 3.52. The summed E-state index contributed by atoms with van der Waals surface area (Å²) in [5, 5.41) is 19.3. The van der Waals surface area contributed by atoms with E-state index in [0.717, 1.165) is 53.8 Å². The van der Waals surface area contributed by atoms with E-state index in [-0.39, 0.29) is 11.5 Å². The summed E-state index contributed by atoms with van der Waals surface area (Å²) >= 11 is 0. The van der Waals surface area contributed by atoms with Gasteiger partial charge < -0.3 is 14.8 Å². The van der Waals surface area contributed by atoms with Crippen LogP contribution in [0.4, 0.5) is 0 Å². The first kappa shape index (κ1) is 17.8. The number of phenolic OH excluding ortho intramolecular Hbond substituents is 2. The third-order valence-electron chi connectivity index (χ3n) is 4.83. The number of hydrogen-bond acceptors (Lipinski definition) is 3. The van der Waals surface area contributed by atoms with Crippen LogP contribution < -0.4 is 0 Å². The number of aromatic nitrogens is 1. The molecule has 0 amide bonds. The van der Waals surface area contributed by atoms with Crippen molar-refractivity contribution in [2.75, 3.05) is 0 Å². The molecule has 0 bridgehead atoms. The summed E-state index contributed by atoms with van der Waals surface area (Å²) < 4.78 is 2.19. The van der Waals surface area contributed by atoms with Gasteiger partial charge in [0.15, 0.2) is 6.29 Å². The molecule has 0 aliphatic heterocycles. The van der Waals surface area contributed by atoms with E-state index < -0.39 is 0 Å². The number of aldehydes is 1. The number of aryl methyl sites for hydroxylation is 1. The van der Waals surface area contributed by atoms with Crippen molar-refractivity contribution in [3.8, 4) is 22.6 Å². The van der Waals surface area contributed by atoms with E-state index in [2.05, 4.69) is 11.5 Å². The average Bonchev–Trinajstić information content (AvgIpc) is 2.92. The van der Waals surface area contributed by atoms with Gasteiger partial charge in [0, 0.05) is 29.1 Å². The minimum Gasteiger partial charge on any atom is -0.508 e. The first-order chi connectivity index (χ1) is 12.5. The molecule has 0 radical (unpaired) electrons. The summed E-state index contributed by atoms with van der Waals surface area (Å²) in [7, 11) is 0. The van der Waals surface area contributed by atoms with Gasteiger partial charge >= 0.3 is 0 Å². The molecule has 4 heteroatoms. The van der Waals surface area contributed by atoms with Gasteiger partial charge in [-0.15, -0.1) is 0 Å². The van der Waals surface area contributed by atoms with Gasteiger partial charge in [0.05, 0.1) is 0 Å². The third kappa shape index (κ3) is 3.36. The summed E-state index contributed by atoms with van der Waals surface area (Å²) in [4.78, 5) is 11.8. The second kappa shape index (κ2) is 7.48. The Kier molecular flexibility index (Phi) is 5.12. The van der Waals surface area contributed by atoms with Crippen LogP contribution in [0, 0.1) is 6.92 Å². The number of rotatable bonds is 6. The fraction of sp³-hybridized carbons (Fsp3) is 0.227. The Labute approximate surface area is 153 Å². The molecular formula is C22H23NO3. The van der Waals surface area contributed by atoms with Crippen LogP contribution in [0.2, 0.25) is 0 Å². The van der Waals surface area contributed by atoms with Crippen LogP contribution in [-0.2, 0) is 19.4 Å². The second-order valence-electron chi connectivity index (χ2n) is 6.41. The number of carbonyl (C=O) groups is 1. The van der Waals surface area contributed by atoms with Crippen molar-refractivity contribution in [3.05, 3.63) is 71.0 Å². The Bertz CT molecular complexity index is 923. The molecule has 134 valence electrons. The summed E-state index contributed by atoms with van der Waals surface area (Å²) in [5.41, 5.74) is 5.60. The SMILES string of the molecule is CCc1c(-c2cccc(O)c2)c(C=O)c(C)n1CCc1ccc(O)cc1. The molecule has 26 heavy (non-hydrogen) atoms. The van der Waals surface area contributed by atoms with E-state index in [1.807, 2.05) is 25.1 Å². The number of aromatic hydroxyl groups is 2. The summed E-state index contributed by atoms with van der Waals surface area (Å²) in [5.74, 6) is 0.449. The first-order valence-electron chi connectivity index (χ1n) is 8.79. The molecule has 0 aliphatic rings. The maximum Gasteiger partial charge on any atom is 0.152 e. The zero-order valence-corrected chi connectivity index (χ0v) is 15.1. The van der Waals surface area contributed by atoms with Crippen molar-refractivity contribution in [3.63, 3.8) is 0 Å². The van der Waals surface area contributed by atoms with Gasteiger partial charge in [-0.05, 0) is 55.2 Å². The maximum absolute atomic E-state index is 11.8. The lowest BCUT2D eigenvalue weighted by molar-refractivity contribution is 0.112. The molecule has 0 aliphatic carbocycles. The van der Waals surface area contributed by atoms with Gasteiger partial charge in [0.1, 0.15) is 11.5 Å². The quantitative estimate of drug-likeness (QED) is 0.645.